The topological polar surface area (TPSA) is 50.4 Å². The Morgan fingerprint density at radius 3 is 2.53 bits per heavy atom. The highest BCUT2D eigenvalue weighted by molar-refractivity contribution is 5.81. The maximum absolute atomic E-state index is 11.7. The van der Waals surface area contributed by atoms with Crippen LogP contribution in [0.2, 0.25) is 0 Å². The summed E-state index contributed by atoms with van der Waals surface area (Å²) >= 11 is 0. The van der Waals surface area contributed by atoms with E-state index in [1.54, 1.807) is 7.11 Å². The predicted octanol–water partition coefficient (Wildman–Crippen LogP) is 1.30. The molecule has 1 atom stereocenters. The van der Waals surface area contributed by atoms with E-state index < -0.39 is 0 Å². The number of nitrogens with one attached hydrogen (secondary N) is 2. The van der Waals surface area contributed by atoms with E-state index >= 15 is 0 Å². The molecule has 4 nitrogen and oxygen atoms in total. The molecule has 0 radical (unpaired) electrons. The van der Waals surface area contributed by atoms with Crippen molar-refractivity contribution >= 4 is 5.91 Å². The van der Waals surface area contributed by atoms with Gasteiger partial charge in [0, 0.05) is 19.7 Å². The molecule has 1 amide bonds. The number of carbonyl (C=O) groups excluding carboxylic acids is 1. The molecule has 4 heteroatoms. The van der Waals surface area contributed by atoms with Crippen LogP contribution in [-0.4, -0.2) is 37.7 Å². The van der Waals surface area contributed by atoms with Gasteiger partial charge in [-0.05, 0) is 32.1 Å². The SMILES string of the molecule is COC1CC(NC(C)C(=O)NCCC(C)C)C1. The normalized spacial score (nSPS) is 25.5. The quantitative estimate of drug-likeness (QED) is 0.707. The van der Waals surface area contributed by atoms with Gasteiger partial charge in [0.15, 0.2) is 0 Å². The predicted molar refractivity (Wildman–Crippen MR) is 68.9 cm³/mol. The second-order valence-electron chi connectivity index (χ2n) is 5.39. The van der Waals surface area contributed by atoms with Crippen LogP contribution in [0.1, 0.15) is 40.0 Å². The van der Waals surface area contributed by atoms with Crippen LogP contribution in [0.15, 0.2) is 0 Å². The lowest BCUT2D eigenvalue weighted by Gasteiger charge is -2.36. The van der Waals surface area contributed by atoms with Gasteiger partial charge in [-0.2, -0.15) is 0 Å². The molecule has 0 heterocycles. The van der Waals surface area contributed by atoms with Crippen molar-refractivity contribution in [2.75, 3.05) is 13.7 Å². The summed E-state index contributed by atoms with van der Waals surface area (Å²) in [5.74, 6) is 0.735. The van der Waals surface area contributed by atoms with Crippen molar-refractivity contribution in [2.45, 2.75) is 58.2 Å². The number of hydrogen-bond acceptors (Lipinski definition) is 3. The van der Waals surface area contributed by atoms with E-state index in [0.717, 1.165) is 25.8 Å². The van der Waals surface area contributed by atoms with Crippen LogP contribution in [0.4, 0.5) is 0 Å². The zero-order valence-corrected chi connectivity index (χ0v) is 11.5. The van der Waals surface area contributed by atoms with Gasteiger partial charge in [0.25, 0.3) is 0 Å². The summed E-state index contributed by atoms with van der Waals surface area (Å²) in [7, 11) is 1.74. The highest BCUT2D eigenvalue weighted by Crippen LogP contribution is 2.22. The van der Waals surface area contributed by atoms with Gasteiger partial charge in [-0.25, -0.2) is 0 Å². The van der Waals surface area contributed by atoms with Crippen LogP contribution >= 0.6 is 0 Å². The Hall–Kier alpha value is -0.610. The Morgan fingerprint density at radius 1 is 1.35 bits per heavy atom. The third-order valence-electron chi connectivity index (χ3n) is 3.33. The molecule has 0 aromatic rings. The van der Waals surface area contributed by atoms with Crippen molar-refractivity contribution in [3.8, 4) is 0 Å². The second kappa shape index (κ2) is 6.97. The van der Waals surface area contributed by atoms with Crippen molar-refractivity contribution in [1.82, 2.24) is 10.6 Å². The van der Waals surface area contributed by atoms with Crippen LogP contribution in [0.3, 0.4) is 0 Å². The van der Waals surface area contributed by atoms with Crippen molar-refractivity contribution in [2.24, 2.45) is 5.92 Å². The lowest BCUT2D eigenvalue weighted by Crippen LogP contribution is -2.53. The van der Waals surface area contributed by atoms with E-state index in [1.165, 1.54) is 0 Å². The van der Waals surface area contributed by atoms with E-state index in [-0.39, 0.29) is 11.9 Å². The molecule has 0 saturated heterocycles. The van der Waals surface area contributed by atoms with Crippen LogP contribution in [0.25, 0.3) is 0 Å². The summed E-state index contributed by atoms with van der Waals surface area (Å²) in [4.78, 5) is 11.7. The third kappa shape index (κ3) is 5.04. The highest BCUT2D eigenvalue weighted by Gasteiger charge is 2.30. The standard InChI is InChI=1S/C13H26N2O2/c1-9(2)5-6-14-13(16)10(3)15-11-7-12(8-11)17-4/h9-12,15H,5-8H2,1-4H3,(H,14,16). The lowest BCUT2D eigenvalue weighted by atomic mass is 9.88. The Labute approximate surface area is 104 Å². The zero-order chi connectivity index (χ0) is 12.8. The number of carbonyl (C=O) groups is 1. The van der Waals surface area contributed by atoms with Crippen molar-refractivity contribution in [3.05, 3.63) is 0 Å². The smallest absolute Gasteiger partial charge is 0.236 e. The third-order valence-corrected chi connectivity index (χ3v) is 3.33. The second-order valence-corrected chi connectivity index (χ2v) is 5.39. The fourth-order valence-corrected chi connectivity index (χ4v) is 1.96. The minimum atomic E-state index is -0.107. The Bertz CT molecular complexity index is 238. The summed E-state index contributed by atoms with van der Waals surface area (Å²) in [5.41, 5.74) is 0. The molecule has 0 aromatic carbocycles. The molecule has 0 spiro atoms. The monoisotopic (exact) mass is 242 g/mol. The number of amides is 1. The first-order valence-electron chi connectivity index (χ1n) is 6.59. The molecular formula is C13H26N2O2. The molecule has 1 aliphatic rings. The summed E-state index contributed by atoms with van der Waals surface area (Å²) in [6.07, 6.45) is 3.44. The van der Waals surface area contributed by atoms with E-state index in [2.05, 4.69) is 24.5 Å². The zero-order valence-electron chi connectivity index (χ0n) is 11.5. The molecule has 100 valence electrons. The highest BCUT2D eigenvalue weighted by atomic mass is 16.5. The van der Waals surface area contributed by atoms with E-state index in [9.17, 15) is 4.79 Å². The first-order chi connectivity index (χ1) is 8.02. The summed E-state index contributed by atoms with van der Waals surface area (Å²) < 4.78 is 5.21. The van der Waals surface area contributed by atoms with Crippen molar-refractivity contribution in [1.29, 1.82) is 0 Å². The summed E-state index contributed by atoms with van der Waals surface area (Å²) in [6, 6.07) is 0.329. The van der Waals surface area contributed by atoms with Gasteiger partial charge in [0.2, 0.25) is 5.91 Å². The number of rotatable bonds is 7. The molecule has 0 bridgehead atoms. The summed E-state index contributed by atoms with van der Waals surface area (Å²) in [5, 5.41) is 6.29. The van der Waals surface area contributed by atoms with Crippen molar-refractivity contribution < 1.29 is 9.53 Å². The van der Waals surface area contributed by atoms with Gasteiger partial charge in [0.05, 0.1) is 12.1 Å². The van der Waals surface area contributed by atoms with E-state index in [4.69, 9.17) is 4.74 Å². The molecule has 2 N–H and O–H groups in total. The van der Waals surface area contributed by atoms with Crippen LogP contribution in [-0.2, 0) is 9.53 Å². The lowest BCUT2D eigenvalue weighted by molar-refractivity contribution is -0.123. The average Bonchev–Trinajstić information content (AvgIpc) is 2.21. The molecule has 1 rings (SSSR count). The molecule has 0 aromatic heterocycles. The molecular weight excluding hydrogens is 216 g/mol. The number of hydrogen-bond donors (Lipinski definition) is 2. The van der Waals surface area contributed by atoms with Crippen LogP contribution in [0, 0.1) is 5.92 Å². The molecule has 1 unspecified atom stereocenters. The van der Waals surface area contributed by atoms with E-state index in [0.29, 0.717) is 18.1 Å². The van der Waals surface area contributed by atoms with Gasteiger partial charge in [-0.15, -0.1) is 0 Å². The average molecular weight is 242 g/mol. The molecule has 1 fully saturated rings. The molecule has 1 aliphatic carbocycles. The fraction of sp³-hybridized carbons (Fsp3) is 0.923. The molecule has 17 heavy (non-hydrogen) atoms. The van der Waals surface area contributed by atoms with Gasteiger partial charge >= 0.3 is 0 Å². The van der Waals surface area contributed by atoms with Crippen LogP contribution in [0.5, 0.6) is 0 Å². The van der Waals surface area contributed by atoms with Gasteiger partial charge in [-0.1, -0.05) is 13.8 Å². The van der Waals surface area contributed by atoms with Gasteiger partial charge < -0.3 is 15.4 Å². The van der Waals surface area contributed by atoms with E-state index in [1.807, 2.05) is 6.92 Å². The molecule has 0 aliphatic heterocycles. The largest absolute Gasteiger partial charge is 0.381 e. The van der Waals surface area contributed by atoms with Crippen LogP contribution < -0.4 is 10.6 Å². The number of ether oxygens (including phenoxy) is 1. The number of methoxy groups -OCH3 is 1. The Balaban J connectivity index is 2.10. The minimum absolute atomic E-state index is 0.103. The first kappa shape index (κ1) is 14.5. The van der Waals surface area contributed by atoms with Crippen molar-refractivity contribution in [3.63, 3.8) is 0 Å². The Kier molecular flexibility index (Phi) is 5.92. The summed E-state index contributed by atoms with van der Waals surface area (Å²) in [6.45, 7) is 7.01. The minimum Gasteiger partial charge on any atom is -0.381 e. The maximum atomic E-state index is 11.7. The molecule has 1 saturated carbocycles. The fourth-order valence-electron chi connectivity index (χ4n) is 1.96. The first-order valence-corrected chi connectivity index (χ1v) is 6.59. The van der Waals surface area contributed by atoms with Gasteiger partial charge in [-0.3, -0.25) is 4.79 Å². The van der Waals surface area contributed by atoms with Gasteiger partial charge in [0.1, 0.15) is 0 Å². The Morgan fingerprint density at radius 2 is 2.00 bits per heavy atom. The maximum Gasteiger partial charge on any atom is 0.236 e.